The van der Waals surface area contributed by atoms with Crippen molar-refractivity contribution in [2.75, 3.05) is 6.54 Å². The largest absolute Gasteiger partial charge is 0.479 e. The van der Waals surface area contributed by atoms with E-state index in [-0.39, 0.29) is 21.2 Å². The Labute approximate surface area is 226 Å². The van der Waals surface area contributed by atoms with Crippen LogP contribution in [0.25, 0.3) is 0 Å². The van der Waals surface area contributed by atoms with Gasteiger partial charge in [0.25, 0.3) is 5.91 Å². The van der Waals surface area contributed by atoms with E-state index in [1.807, 2.05) is 0 Å². The Morgan fingerprint density at radius 3 is 2.21 bits per heavy atom. The van der Waals surface area contributed by atoms with Gasteiger partial charge in [0.05, 0.1) is 40.0 Å². The predicted octanol–water partition coefficient (Wildman–Crippen LogP) is 5.40. The van der Waals surface area contributed by atoms with E-state index >= 15 is 0 Å². The number of hydrogen-bond acceptors (Lipinski definition) is 5. The fraction of sp³-hybridized carbons (Fsp3) is 0.292. The van der Waals surface area contributed by atoms with E-state index in [4.69, 9.17) is 28.3 Å². The maximum Gasteiger partial charge on any atom is 0.433 e. The summed E-state index contributed by atoms with van der Waals surface area (Å²) in [6, 6.07) is 3.42. The molecule has 4 rings (SSSR count). The van der Waals surface area contributed by atoms with Crippen LogP contribution in [0.3, 0.4) is 0 Å². The van der Waals surface area contributed by atoms with Gasteiger partial charge < -0.3 is 10.0 Å². The molecule has 0 aliphatic heterocycles. The third-order valence-electron chi connectivity index (χ3n) is 6.18. The van der Waals surface area contributed by atoms with E-state index < -0.39 is 78.6 Å². The number of Topliss-reactive ketones (excluding diaryl/α,β-unsaturated/α-hetero) is 1. The summed E-state index contributed by atoms with van der Waals surface area (Å²) in [4.78, 5) is 42.1. The van der Waals surface area contributed by atoms with Crippen LogP contribution in [0.4, 0.5) is 22.0 Å². The van der Waals surface area contributed by atoms with Crippen molar-refractivity contribution in [3.05, 3.63) is 81.1 Å². The van der Waals surface area contributed by atoms with Crippen LogP contribution in [-0.4, -0.2) is 54.6 Å². The van der Waals surface area contributed by atoms with Crippen molar-refractivity contribution in [3.8, 4) is 0 Å². The summed E-state index contributed by atoms with van der Waals surface area (Å²) >= 11 is 12.1. The number of rotatable bonds is 8. The van der Waals surface area contributed by atoms with Crippen molar-refractivity contribution in [1.82, 2.24) is 19.7 Å². The fourth-order valence-electron chi connectivity index (χ4n) is 4.22. The molecule has 0 saturated heterocycles. The van der Waals surface area contributed by atoms with Gasteiger partial charge in [0.15, 0.2) is 11.5 Å². The van der Waals surface area contributed by atoms with Crippen LogP contribution in [-0.2, 0) is 17.5 Å². The topological polar surface area (TPSA) is 105 Å². The summed E-state index contributed by atoms with van der Waals surface area (Å²) in [6.45, 7) is -1.19. The Bertz CT molecular complexity index is 1420. The summed E-state index contributed by atoms with van der Waals surface area (Å²) in [6.07, 6.45) is -3.84. The number of ketones is 1. The number of carboxylic acid groups (broad SMARTS) is 1. The zero-order valence-corrected chi connectivity index (χ0v) is 21.1. The fourth-order valence-corrected chi connectivity index (χ4v) is 4.80. The number of aromatic nitrogens is 3. The third kappa shape index (κ3) is 5.74. The highest BCUT2D eigenvalue weighted by Gasteiger charge is 2.55. The van der Waals surface area contributed by atoms with Crippen LogP contribution in [0.1, 0.15) is 50.9 Å². The molecule has 206 valence electrons. The quantitative estimate of drug-likeness (QED) is 0.278. The maximum atomic E-state index is 14.2. The number of aliphatic carboxylic acids is 1. The number of carbonyl (C=O) groups is 3. The number of amides is 1. The highest BCUT2D eigenvalue weighted by Crippen LogP contribution is 2.47. The monoisotopic (exact) mass is 590 g/mol. The number of carbonyl (C=O) groups excluding carboxylic acids is 2. The van der Waals surface area contributed by atoms with Gasteiger partial charge in [0.2, 0.25) is 5.67 Å². The molecule has 0 atom stereocenters. The highest BCUT2D eigenvalue weighted by molar-refractivity contribution is 6.39. The zero-order valence-electron chi connectivity index (χ0n) is 19.6. The minimum atomic E-state index is -5.15. The van der Waals surface area contributed by atoms with Crippen molar-refractivity contribution in [2.24, 2.45) is 0 Å². The highest BCUT2D eigenvalue weighted by atomic mass is 35.5. The summed E-state index contributed by atoms with van der Waals surface area (Å²) in [5.41, 5.74) is -5.11. The maximum absolute atomic E-state index is 14.2. The first-order chi connectivity index (χ1) is 18.2. The second-order valence-electron chi connectivity index (χ2n) is 8.87. The molecule has 3 aromatic rings. The summed E-state index contributed by atoms with van der Waals surface area (Å²) < 4.78 is 70.5. The summed E-state index contributed by atoms with van der Waals surface area (Å²) in [5.74, 6) is -4.49. The number of hydrogen-bond donors (Lipinski definition) is 1. The van der Waals surface area contributed by atoms with Crippen LogP contribution >= 0.6 is 23.2 Å². The van der Waals surface area contributed by atoms with Crippen LogP contribution in [0.2, 0.25) is 10.0 Å². The lowest BCUT2D eigenvalue weighted by molar-refractivity contribution is -0.163. The molecule has 0 unspecified atom stereocenters. The third-order valence-corrected chi connectivity index (χ3v) is 6.76. The van der Waals surface area contributed by atoms with E-state index in [0.29, 0.717) is 10.9 Å². The smallest absolute Gasteiger partial charge is 0.433 e. The zero-order chi connectivity index (χ0) is 28.7. The van der Waals surface area contributed by atoms with Gasteiger partial charge in [-0.2, -0.15) is 18.3 Å². The average molecular weight is 591 g/mol. The van der Waals surface area contributed by atoms with E-state index in [0.717, 1.165) is 29.4 Å². The number of pyridine rings is 1. The van der Waals surface area contributed by atoms with Crippen LogP contribution in [0.5, 0.6) is 0 Å². The van der Waals surface area contributed by atoms with E-state index in [2.05, 4.69) is 10.1 Å². The molecule has 0 bridgehead atoms. The molecular formula is C24H17Cl2F5N4O4. The SMILES string of the molecule is O=C(CN(Cc1ccc(F)cc1)C(=O)c1cnn(C2CC(F)(C(=O)O)C2)c1C(F)(F)F)c1c(Cl)cncc1Cl. The minimum Gasteiger partial charge on any atom is -0.479 e. The van der Waals surface area contributed by atoms with Crippen molar-refractivity contribution < 1.29 is 41.4 Å². The first kappa shape index (κ1) is 28.4. The Balaban J connectivity index is 1.71. The number of carboxylic acids is 1. The van der Waals surface area contributed by atoms with Gasteiger partial charge in [-0.15, -0.1) is 0 Å². The van der Waals surface area contributed by atoms with Gasteiger partial charge in [0, 0.05) is 31.8 Å². The Kier molecular flexibility index (Phi) is 7.68. The first-order valence-electron chi connectivity index (χ1n) is 11.1. The van der Waals surface area contributed by atoms with Gasteiger partial charge in [-0.3, -0.25) is 19.3 Å². The average Bonchev–Trinajstić information content (AvgIpc) is 3.27. The minimum absolute atomic E-state index is 0.149. The van der Waals surface area contributed by atoms with Crippen LogP contribution < -0.4 is 0 Å². The molecule has 0 spiro atoms. The molecule has 1 aromatic carbocycles. The van der Waals surface area contributed by atoms with Crippen LogP contribution in [0.15, 0.2) is 42.9 Å². The Morgan fingerprint density at radius 2 is 1.67 bits per heavy atom. The molecule has 1 amide bonds. The standard InChI is InChI=1S/C24H17Cl2F5N4O4/c25-16-8-32-9-17(26)19(16)18(36)11-34(10-12-1-3-13(27)4-2-12)21(37)15-7-33-35(20(15)24(29,30)31)14-5-23(28,6-14)22(38)39/h1-4,7-9,14H,5-6,10-11H2,(H,38,39). The normalized spacial score (nSPS) is 18.9. The van der Waals surface area contributed by atoms with Gasteiger partial charge in [0.1, 0.15) is 5.82 Å². The van der Waals surface area contributed by atoms with Gasteiger partial charge in [-0.05, 0) is 17.7 Å². The Morgan fingerprint density at radius 1 is 1.08 bits per heavy atom. The van der Waals surface area contributed by atoms with E-state index in [1.165, 1.54) is 12.1 Å². The van der Waals surface area contributed by atoms with Crippen LogP contribution in [0, 0.1) is 5.82 Å². The van der Waals surface area contributed by atoms with E-state index in [1.54, 1.807) is 0 Å². The number of halogens is 7. The predicted molar refractivity (Wildman–Crippen MR) is 127 cm³/mol. The molecule has 15 heteroatoms. The van der Waals surface area contributed by atoms with Crippen molar-refractivity contribution in [2.45, 2.75) is 37.3 Å². The molecule has 39 heavy (non-hydrogen) atoms. The molecule has 1 saturated carbocycles. The summed E-state index contributed by atoms with van der Waals surface area (Å²) in [7, 11) is 0. The molecule has 0 radical (unpaired) electrons. The number of alkyl halides is 4. The number of benzene rings is 1. The molecule has 1 N–H and O–H groups in total. The molecule has 1 fully saturated rings. The molecule has 1 aliphatic carbocycles. The van der Waals surface area contributed by atoms with Crippen molar-refractivity contribution >= 4 is 40.9 Å². The van der Waals surface area contributed by atoms with Gasteiger partial charge >= 0.3 is 12.1 Å². The second-order valence-corrected chi connectivity index (χ2v) is 9.69. The molecule has 2 heterocycles. The van der Waals surface area contributed by atoms with Crippen molar-refractivity contribution in [1.29, 1.82) is 0 Å². The van der Waals surface area contributed by atoms with Gasteiger partial charge in [-0.25, -0.2) is 13.6 Å². The molecule has 8 nitrogen and oxygen atoms in total. The lowest BCUT2D eigenvalue weighted by atomic mass is 9.77. The lowest BCUT2D eigenvalue weighted by Crippen LogP contribution is -2.48. The first-order valence-corrected chi connectivity index (χ1v) is 11.9. The molecular weight excluding hydrogens is 574 g/mol. The summed E-state index contributed by atoms with van der Waals surface area (Å²) in [5, 5.41) is 12.3. The molecule has 2 aromatic heterocycles. The van der Waals surface area contributed by atoms with Gasteiger partial charge in [-0.1, -0.05) is 35.3 Å². The Hall–Kier alpha value is -3.58. The number of nitrogens with zero attached hydrogens (tertiary/aromatic N) is 4. The van der Waals surface area contributed by atoms with E-state index in [9.17, 15) is 36.3 Å². The van der Waals surface area contributed by atoms with Crippen molar-refractivity contribution in [3.63, 3.8) is 0 Å². The molecule has 1 aliphatic rings. The lowest BCUT2D eigenvalue weighted by Gasteiger charge is -2.38. The second kappa shape index (κ2) is 10.5.